The predicted octanol–water partition coefficient (Wildman–Crippen LogP) is 3.53. The smallest absolute Gasteiger partial charge is 0.242 e. The quantitative estimate of drug-likeness (QED) is 0.856. The zero-order valence-electron chi connectivity index (χ0n) is 12.7. The lowest BCUT2D eigenvalue weighted by atomic mass is 10.1. The number of aryl methyl sites for hydroxylation is 1. The van der Waals surface area contributed by atoms with E-state index in [0.29, 0.717) is 16.0 Å². The Balaban J connectivity index is 1.85. The molecule has 0 bridgehead atoms. The van der Waals surface area contributed by atoms with Crippen molar-refractivity contribution in [3.63, 3.8) is 0 Å². The third-order valence-corrected chi connectivity index (χ3v) is 6.12. The first kappa shape index (κ1) is 16.3. The molecule has 3 rings (SSSR count). The molecule has 0 saturated heterocycles. The molecule has 0 radical (unpaired) electrons. The van der Waals surface area contributed by atoms with Gasteiger partial charge in [-0.2, -0.15) is 0 Å². The maximum absolute atomic E-state index is 12.6. The number of nitrogens with one attached hydrogen (secondary N) is 1. The number of halogens is 1. The van der Waals surface area contributed by atoms with Crippen LogP contribution in [-0.4, -0.2) is 15.2 Å². The fraction of sp³-hybridized carbons (Fsp3) is 0.250. The fourth-order valence-electron chi connectivity index (χ4n) is 2.37. The lowest BCUT2D eigenvalue weighted by molar-refractivity contribution is 0.174. The van der Waals surface area contributed by atoms with Crippen molar-refractivity contribution in [3.8, 4) is 11.5 Å². The molecule has 1 unspecified atom stereocenters. The van der Waals surface area contributed by atoms with Crippen molar-refractivity contribution >= 4 is 26.0 Å². The minimum absolute atomic E-state index is 0.190. The minimum atomic E-state index is -3.64. The number of hydrogen-bond donors (Lipinski definition) is 1. The van der Waals surface area contributed by atoms with Crippen LogP contribution >= 0.6 is 15.9 Å². The highest BCUT2D eigenvalue weighted by Gasteiger charge is 2.22. The molecule has 0 saturated carbocycles. The van der Waals surface area contributed by atoms with Crippen molar-refractivity contribution in [2.45, 2.75) is 24.8 Å². The second kappa shape index (κ2) is 6.14. The Morgan fingerprint density at radius 3 is 2.61 bits per heavy atom. The zero-order chi connectivity index (χ0) is 16.6. The van der Waals surface area contributed by atoms with E-state index in [0.717, 1.165) is 11.1 Å². The van der Waals surface area contributed by atoms with Gasteiger partial charge in [0.25, 0.3) is 0 Å². The lowest BCUT2D eigenvalue weighted by Crippen LogP contribution is -2.27. The van der Waals surface area contributed by atoms with Crippen LogP contribution in [0.15, 0.2) is 45.8 Å². The zero-order valence-corrected chi connectivity index (χ0v) is 15.1. The summed E-state index contributed by atoms with van der Waals surface area (Å²) >= 11 is 3.31. The highest BCUT2D eigenvalue weighted by Crippen LogP contribution is 2.34. The van der Waals surface area contributed by atoms with E-state index < -0.39 is 16.1 Å². The summed E-state index contributed by atoms with van der Waals surface area (Å²) in [6.07, 6.45) is 0. The first-order valence-corrected chi connectivity index (χ1v) is 9.32. The number of rotatable bonds is 4. The summed E-state index contributed by atoms with van der Waals surface area (Å²) in [5.41, 5.74) is 1.79. The molecule has 1 aliphatic rings. The first-order valence-electron chi connectivity index (χ1n) is 7.05. The lowest BCUT2D eigenvalue weighted by Gasteiger charge is -2.16. The van der Waals surface area contributed by atoms with Crippen molar-refractivity contribution in [2.75, 3.05) is 6.79 Å². The first-order chi connectivity index (χ1) is 10.9. The number of sulfonamides is 1. The van der Waals surface area contributed by atoms with Crippen molar-refractivity contribution in [2.24, 2.45) is 0 Å². The van der Waals surface area contributed by atoms with Crippen LogP contribution in [0.1, 0.15) is 24.1 Å². The van der Waals surface area contributed by atoms with Crippen molar-refractivity contribution in [3.05, 3.63) is 52.0 Å². The van der Waals surface area contributed by atoms with E-state index in [1.165, 1.54) is 0 Å². The summed E-state index contributed by atoms with van der Waals surface area (Å²) in [7, 11) is -3.64. The van der Waals surface area contributed by atoms with Gasteiger partial charge in [-0.3, -0.25) is 0 Å². The molecule has 7 heteroatoms. The van der Waals surface area contributed by atoms with E-state index in [1.807, 2.05) is 13.0 Å². The van der Waals surface area contributed by atoms with Crippen LogP contribution in [0.2, 0.25) is 0 Å². The maximum Gasteiger partial charge on any atom is 0.242 e. The van der Waals surface area contributed by atoms with Gasteiger partial charge < -0.3 is 9.47 Å². The summed E-state index contributed by atoms with van der Waals surface area (Å²) in [6.45, 7) is 3.89. The Morgan fingerprint density at radius 2 is 1.87 bits per heavy atom. The number of hydrogen-bond acceptors (Lipinski definition) is 4. The Labute approximate surface area is 143 Å². The Kier molecular flexibility index (Phi) is 4.35. The fourth-order valence-corrected chi connectivity index (χ4v) is 4.79. The summed E-state index contributed by atoms with van der Waals surface area (Å²) < 4.78 is 39.0. The van der Waals surface area contributed by atoms with Crippen LogP contribution in [0.3, 0.4) is 0 Å². The molecule has 23 heavy (non-hydrogen) atoms. The topological polar surface area (TPSA) is 64.6 Å². The summed E-state index contributed by atoms with van der Waals surface area (Å²) in [6, 6.07) is 10.1. The van der Waals surface area contributed by atoms with Crippen molar-refractivity contribution in [1.82, 2.24) is 4.72 Å². The largest absolute Gasteiger partial charge is 0.454 e. The SMILES string of the molecule is Cc1ccc(S(=O)(=O)NC(C)c2ccc3c(c2)OCO3)c(Br)c1. The highest BCUT2D eigenvalue weighted by molar-refractivity contribution is 9.10. The summed E-state index contributed by atoms with van der Waals surface area (Å²) in [5.74, 6) is 1.30. The molecule has 0 aliphatic carbocycles. The van der Waals surface area contributed by atoms with E-state index in [-0.39, 0.29) is 11.7 Å². The number of fused-ring (bicyclic) bond motifs is 1. The maximum atomic E-state index is 12.6. The molecular weight excluding hydrogens is 382 g/mol. The van der Waals surface area contributed by atoms with Gasteiger partial charge in [0.05, 0.1) is 4.90 Å². The van der Waals surface area contributed by atoms with Crippen molar-refractivity contribution < 1.29 is 17.9 Å². The minimum Gasteiger partial charge on any atom is -0.454 e. The molecule has 1 atom stereocenters. The predicted molar refractivity (Wildman–Crippen MR) is 90.2 cm³/mol. The monoisotopic (exact) mass is 397 g/mol. The highest BCUT2D eigenvalue weighted by atomic mass is 79.9. The van der Waals surface area contributed by atoms with E-state index in [2.05, 4.69) is 20.7 Å². The second-order valence-corrected chi connectivity index (χ2v) is 7.93. The number of benzene rings is 2. The van der Waals surface area contributed by atoms with E-state index >= 15 is 0 Å². The Morgan fingerprint density at radius 1 is 1.13 bits per heavy atom. The van der Waals surface area contributed by atoms with Crippen LogP contribution in [-0.2, 0) is 10.0 Å². The Bertz CT molecular complexity index is 851. The molecule has 1 heterocycles. The molecule has 1 N–H and O–H groups in total. The third-order valence-electron chi connectivity index (χ3n) is 3.61. The summed E-state index contributed by atoms with van der Waals surface area (Å²) in [5, 5.41) is 0. The van der Waals surface area contributed by atoms with Gasteiger partial charge in [0.15, 0.2) is 11.5 Å². The van der Waals surface area contributed by atoms with Crippen LogP contribution in [0.5, 0.6) is 11.5 Å². The van der Waals surface area contributed by atoms with Crippen LogP contribution in [0.4, 0.5) is 0 Å². The van der Waals surface area contributed by atoms with E-state index in [9.17, 15) is 8.42 Å². The van der Waals surface area contributed by atoms with E-state index in [1.54, 1.807) is 37.3 Å². The normalized spacial score (nSPS) is 14.7. The van der Waals surface area contributed by atoms with Gasteiger partial charge in [0.2, 0.25) is 16.8 Å². The average Bonchev–Trinajstić information content (AvgIpc) is 2.93. The number of ether oxygens (including phenoxy) is 2. The molecule has 2 aromatic rings. The van der Waals surface area contributed by atoms with Crippen LogP contribution < -0.4 is 14.2 Å². The molecule has 2 aromatic carbocycles. The molecule has 0 aromatic heterocycles. The Hall–Kier alpha value is -1.57. The molecule has 122 valence electrons. The average molecular weight is 398 g/mol. The van der Waals surface area contributed by atoms with Gasteiger partial charge in [-0.05, 0) is 65.2 Å². The van der Waals surface area contributed by atoms with Gasteiger partial charge in [-0.25, -0.2) is 13.1 Å². The van der Waals surface area contributed by atoms with E-state index in [4.69, 9.17) is 9.47 Å². The molecule has 0 spiro atoms. The molecular formula is C16H16BrNO4S. The van der Waals surface area contributed by atoms with Crippen molar-refractivity contribution in [1.29, 1.82) is 0 Å². The molecule has 1 aliphatic heterocycles. The molecule has 5 nitrogen and oxygen atoms in total. The second-order valence-electron chi connectivity index (χ2n) is 5.39. The van der Waals surface area contributed by atoms with Gasteiger partial charge >= 0.3 is 0 Å². The molecule has 0 fully saturated rings. The van der Waals surface area contributed by atoms with Gasteiger partial charge in [-0.1, -0.05) is 12.1 Å². The summed E-state index contributed by atoms with van der Waals surface area (Å²) in [4.78, 5) is 0.218. The van der Waals surface area contributed by atoms with Gasteiger partial charge in [0.1, 0.15) is 0 Å². The van der Waals surface area contributed by atoms with Gasteiger partial charge in [-0.15, -0.1) is 0 Å². The van der Waals surface area contributed by atoms with Crippen LogP contribution in [0, 0.1) is 6.92 Å². The standard InChI is InChI=1S/C16H16BrNO4S/c1-10-3-6-16(13(17)7-10)23(19,20)18-11(2)12-4-5-14-15(8-12)22-9-21-14/h3-8,11,18H,9H2,1-2H3. The van der Waals surface area contributed by atoms with Crippen LogP contribution in [0.25, 0.3) is 0 Å². The third kappa shape index (κ3) is 3.36. The van der Waals surface area contributed by atoms with Gasteiger partial charge in [0, 0.05) is 10.5 Å². The molecule has 0 amide bonds.